The van der Waals surface area contributed by atoms with Gasteiger partial charge in [0, 0.05) is 5.92 Å². The van der Waals surface area contributed by atoms with Crippen LogP contribution in [0.1, 0.15) is 47.0 Å². The van der Waals surface area contributed by atoms with E-state index in [0.717, 1.165) is 19.3 Å². The van der Waals surface area contributed by atoms with Gasteiger partial charge in [-0.05, 0) is 25.3 Å². The van der Waals surface area contributed by atoms with Gasteiger partial charge in [0.25, 0.3) is 0 Å². The van der Waals surface area contributed by atoms with Gasteiger partial charge in [-0.2, -0.15) is 0 Å². The van der Waals surface area contributed by atoms with Gasteiger partial charge < -0.3 is 10.8 Å². The highest BCUT2D eigenvalue weighted by Gasteiger charge is 2.36. The molecule has 0 aliphatic heterocycles. The molecule has 0 radical (unpaired) electrons. The third kappa shape index (κ3) is 2.96. The summed E-state index contributed by atoms with van der Waals surface area (Å²) in [6, 6.07) is 0. The van der Waals surface area contributed by atoms with E-state index >= 15 is 0 Å². The number of aliphatic hydroxyl groups is 1. The van der Waals surface area contributed by atoms with Crippen LogP contribution in [0.15, 0.2) is 0 Å². The molecule has 0 fully saturated rings. The molecule has 0 aliphatic carbocycles. The van der Waals surface area contributed by atoms with Crippen LogP contribution < -0.4 is 5.73 Å². The Morgan fingerprint density at radius 2 is 1.85 bits per heavy atom. The van der Waals surface area contributed by atoms with Crippen molar-refractivity contribution in [2.75, 3.05) is 6.54 Å². The molecule has 13 heavy (non-hydrogen) atoms. The maximum Gasteiger partial charge on any atom is 0.0707 e. The monoisotopic (exact) mass is 187 g/mol. The summed E-state index contributed by atoms with van der Waals surface area (Å²) < 4.78 is 0. The van der Waals surface area contributed by atoms with Crippen molar-refractivity contribution in [3.8, 4) is 0 Å². The Kier molecular flexibility index (Phi) is 5.57. The van der Waals surface area contributed by atoms with E-state index < -0.39 is 5.60 Å². The van der Waals surface area contributed by atoms with Crippen molar-refractivity contribution in [2.45, 2.75) is 52.6 Å². The lowest BCUT2D eigenvalue weighted by Gasteiger charge is -2.38. The van der Waals surface area contributed by atoms with Crippen molar-refractivity contribution < 1.29 is 5.11 Å². The van der Waals surface area contributed by atoms with Crippen LogP contribution in [0, 0.1) is 11.8 Å². The van der Waals surface area contributed by atoms with Crippen molar-refractivity contribution in [3.05, 3.63) is 0 Å². The number of hydrogen-bond donors (Lipinski definition) is 2. The molecular weight excluding hydrogens is 162 g/mol. The quantitative estimate of drug-likeness (QED) is 0.669. The maximum absolute atomic E-state index is 10.4. The van der Waals surface area contributed by atoms with E-state index in [2.05, 4.69) is 20.8 Å². The Labute approximate surface area is 82.5 Å². The predicted octanol–water partition coefficient (Wildman–Crippen LogP) is 2.16. The molecule has 2 nitrogen and oxygen atoms in total. The second kappa shape index (κ2) is 5.61. The van der Waals surface area contributed by atoms with Crippen LogP contribution in [0.3, 0.4) is 0 Å². The zero-order chi connectivity index (χ0) is 10.5. The fourth-order valence-electron chi connectivity index (χ4n) is 2.09. The van der Waals surface area contributed by atoms with Crippen molar-refractivity contribution in [1.82, 2.24) is 0 Å². The normalized spacial score (nSPS) is 18.7. The Morgan fingerprint density at radius 3 is 2.08 bits per heavy atom. The molecule has 2 heteroatoms. The van der Waals surface area contributed by atoms with Crippen LogP contribution in [-0.2, 0) is 0 Å². The minimum absolute atomic E-state index is 0.252. The lowest BCUT2D eigenvalue weighted by molar-refractivity contribution is -0.0618. The number of rotatable bonds is 6. The molecule has 0 spiro atoms. The average Bonchev–Trinajstić information content (AvgIpc) is 2.12. The predicted molar refractivity (Wildman–Crippen MR) is 57.5 cm³/mol. The molecule has 0 aromatic heterocycles. The van der Waals surface area contributed by atoms with Gasteiger partial charge in [-0.3, -0.25) is 0 Å². The molecule has 0 aliphatic rings. The first kappa shape index (κ1) is 12.9. The van der Waals surface area contributed by atoms with E-state index in [9.17, 15) is 5.11 Å². The van der Waals surface area contributed by atoms with Gasteiger partial charge in [-0.1, -0.05) is 34.1 Å². The first-order valence-electron chi connectivity index (χ1n) is 5.45. The summed E-state index contributed by atoms with van der Waals surface area (Å²) in [5.41, 5.74) is 5.13. The van der Waals surface area contributed by atoms with E-state index in [4.69, 9.17) is 5.73 Å². The molecule has 0 aromatic rings. The molecule has 80 valence electrons. The molecule has 0 amide bonds. The molecule has 3 N–H and O–H groups in total. The molecule has 0 heterocycles. The minimum atomic E-state index is -0.565. The fraction of sp³-hybridized carbons (Fsp3) is 1.00. The Balaban J connectivity index is 4.48. The molecule has 2 unspecified atom stereocenters. The number of hydrogen-bond acceptors (Lipinski definition) is 2. The molecule has 0 saturated carbocycles. The SMILES string of the molecule is CCCC(CN)C(O)(CC)C(C)C. The first-order chi connectivity index (χ1) is 6.02. The number of nitrogens with two attached hydrogens (primary N) is 1. The van der Waals surface area contributed by atoms with Crippen molar-refractivity contribution in [1.29, 1.82) is 0 Å². The molecule has 0 saturated heterocycles. The zero-order valence-corrected chi connectivity index (χ0v) is 9.51. The summed E-state index contributed by atoms with van der Waals surface area (Å²) in [6.07, 6.45) is 2.92. The smallest absolute Gasteiger partial charge is 0.0707 e. The summed E-state index contributed by atoms with van der Waals surface area (Å²) in [6.45, 7) is 8.91. The Hall–Kier alpha value is -0.0800. The summed E-state index contributed by atoms with van der Waals surface area (Å²) in [7, 11) is 0. The summed E-state index contributed by atoms with van der Waals surface area (Å²) in [4.78, 5) is 0. The molecule has 2 atom stereocenters. The highest BCUT2D eigenvalue weighted by molar-refractivity contribution is 4.88. The van der Waals surface area contributed by atoms with Gasteiger partial charge in [0.05, 0.1) is 5.60 Å². The second-order valence-electron chi connectivity index (χ2n) is 4.22. The maximum atomic E-state index is 10.4. The van der Waals surface area contributed by atoms with Crippen LogP contribution in [0.5, 0.6) is 0 Å². The lowest BCUT2D eigenvalue weighted by Crippen LogP contribution is -2.45. The Morgan fingerprint density at radius 1 is 1.31 bits per heavy atom. The van der Waals surface area contributed by atoms with Gasteiger partial charge in [0.2, 0.25) is 0 Å². The van der Waals surface area contributed by atoms with Crippen LogP contribution in [0.25, 0.3) is 0 Å². The van der Waals surface area contributed by atoms with Gasteiger partial charge in [-0.25, -0.2) is 0 Å². The van der Waals surface area contributed by atoms with E-state index in [1.807, 2.05) is 6.92 Å². The average molecular weight is 187 g/mol. The van der Waals surface area contributed by atoms with E-state index in [1.54, 1.807) is 0 Å². The molecule has 0 rings (SSSR count). The van der Waals surface area contributed by atoms with Gasteiger partial charge >= 0.3 is 0 Å². The molecule has 0 aromatic carbocycles. The summed E-state index contributed by atoms with van der Waals surface area (Å²) in [5.74, 6) is 0.542. The van der Waals surface area contributed by atoms with Gasteiger partial charge in [-0.15, -0.1) is 0 Å². The summed E-state index contributed by atoms with van der Waals surface area (Å²) >= 11 is 0. The molecular formula is C11H25NO. The van der Waals surface area contributed by atoms with E-state index in [-0.39, 0.29) is 11.8 Å². The molecule has 0 bridgehead atoms. The van der Waals surface area contributed by atoms with Crippen LogP contribution in [-0.4, -0.2) is 17.3 Å². The van der Waals surface area contributed by atoms with Crippen LogP contribution in [0.2, 0.25) is 0 Å². The first-order valence-corrected chi connectivity index (χ1v) is 5.45. The third-order valence-corrected chi connectivity index (χ3v) is 3.19. The zero-order valence-electron chi connectivity index (χ0n) is 9.51. The second-order valence-corrected chi connectivity index (χ2v) is 4.22. The van der Waals surface area contributed by atoms with Gasteiger partial charge in [0.15, 0.2) is 0 Å². The highest BCUT2D eigenvalue weighted by atomic mass is 16.3. The van der Waals surface area contributed by atoms with Gasteiger partial charge in [0.1, 0.15) is 0 Å². The van der Waals surface area contributed by atoms with Crippen molar-refractivity contribution in [2.24, 2.45) is 17.6 Å². The van der Waals surface area contributed by atoms with Crippen molar-refractivity contribution >= 4 is 0 Å². The van der Waals surface area contributed by atoms with Crippen molar-refractivity contribution in [3.63, 3.8) is 0 Å². The fourth-order valence-corrected chi connectivity index (χ4v) is 2.09. The van der Waals surface area contributed by atoms with E-state index in [1.165, 1.54) is 0 Å². The lowest BCUT2D eigenvalue weighted by atomic mass is 9.75. The third-order valence-electron chi connectivity index (χ3n) is 3.19. The summed E-state index contributed by atoms with van der Waals surface area (Å²) in [5, 5.41) is 10.4. The van der Waals surface area contributed by atoms with E-state index in [0.29, 0.717) is 6.54 Å². The minimum Gasteiger partial charge on any atom is -0.389 e. The largest absolute Gasteiger partial charge is 0.389 e. The highest BCUT2D eigenvalue weighted by Crippen LogP contribution is 2.31. The topological polar surface area (TPSA) is 46.2 Å². The van der Waals surface area contributed by atoms with Crippen LogP contribution in [0.4, 0.5) is 0 Å². The standard InChI is InChI=1S/C11H25NO/c1-5-7-10(8-12)11(13,6-2)9(3)4/h9-10,13H,5-8,12H2,1-4H3. The Bertz CT molecular complexity index is 136. The van der Waals surface area contributed by atoms with Crippen LogP contribution >= 0.6 is 0 Å².